The number of carbonyl (C=O) groups is 1. The lowest BCUT2D eigenvalue weighted by molar-refractivity contribution is -0.120. The van der Waals surface area contributed by atoms with Gasteiger partial charge in [0, 0.05) is 17.1 Å². The first-order valence-corrected chi connectivity index (χ1v) is 9.54. The molecule has 6 nitrogen and oxygen atoms in total. The highest BCUT2D eigenvalue weighted by Crippen LogP contribution is 2.33. The fourth-order valence-electron chi connectivity index (χ4n) is 1.98. The van der Waals surface area contributed by atoms with Gasteiger partial charge in [0.05, 0.1) is 17.2 Å². The molecule has 2 aromatic rings. The predicted molar refractivity (Wildman–Crippen MR) is 96.1 cm³/mol. The van der Waals surface area contributed by atoms with Crippen LogP contribution in [0.1, 0.15) is 5.56 Å². The van der Waals surface area contributed by atoms with E-state index in [4.69, 9.17) is 32.5 Å². The number of halogens is 2. The first kappa shape index (κ1) is 19.5. The van der Waals surface area contributed by atoms with Crippen LogP contribution in [0.2, 0.25) is 10.0 Å². The number of hydrogen-bond donors (Lipinski definition) is 2. The van der Waals surface area contributed by atoms with Gasteiger partial charge in [0.1, 0.15) is 11.5 Å². The van der Waals surface area contributed by atoms with Crippen LogP contribution in [0.5, 0.6) is 11.5 Å². The van der Waals surface area contributed by atoms with E-state index in [1.165, 1.54) is 0 Å². The Bertz CT molecular complexity index is 871. The van der Waals surface area contributed by atoms with Crippen LogP contribution in [-0.4, -0.2) is 31.2 Å². The highest BCUT2D eigenvalue weighted by atomic mass is 35.5. The lowest BCUT2D eigenvalue weighted by Gasteiger charge is -2.12. The highest BCUT2D eigenvalue weighted by Gasteiger charge is 2.12. The summed E-state index contributed by atoms with van der Waals surface area (Å²) >= 11 is 11.9. The summed E-state index contributed by atoms with van der Waals surface area (Å²) < 4.78 is 35.7. The monoisotopic (exact) mass is 403 g/mol. The Morgan fingerprint density at radius 1 is 1.12 bits per heavy atom. The van der Waals surface area contributed by atoms with Gasteiger partial charge >= 0.3 is 0 Å². The van der Waals surface area contributed by atoms with Crippen molar-refractivity contribution in [3.8, 4) is 11.5 Å². The van der Waals surface area contributed by atoms with Crippen LogP contribution in [0.4, 0.5) is 0 Å². The van der Waals surface area contributed by atoms with Gasteiger partial charge in [-0.2, -0.15) is 8.42 Å². The van der Waals surface area contributed by atoms with E-state index >= 15 is 0 Å². The average Bonchev–Trinajstić information content (AvgIpc) is 2.50. The maximum atomic E-state index is 11.9. The molecule has 0 heterocycles. The van der Waals surface area contributed by atoms with E-state index in [-0.39, 0.29) is 13.0 Å². The fourth-order valence-corrected chi connectivity index (χ4v) is 2.79. The van der Waals surface area contributed by atoms with Crippen LogP contribution in [-0.2, 0) is 21.3 Å². The van der Waals surface area contributed by atoms with Gasteiger partial charge in [-0.15, -0.1) is 0 Å². The van der Waals surface area contributed by atoms with Gasteiger partial charge in [0.25, 0.3) is 10.1 Å². The summed E-state index contributed by atoms with van der Waals surface area (Å²) in [6.07, 6.45) is -0.0210. The number of benzene rings is 2. The van der Waals surface area contributed by atoms with Crippen LogP contribution < -0.4 is 10.1 Å². The zero-order valence-electron chi connectivity index (χ0n) is 12.9. The number of nitrogens with one attached hydrogen (secondary N) is 1. The number of hydrogen-bond acceptors (Lipinski definition) is 4. The second-order valence-corrected chi connectivity index (χ2v) is 7.51. The molecule has 134 valence electrons. The molecule has 0 aliphatic carbocycles. The Balaban J connectivity index is 2.06. The lowest BCUT2D eigenvalue weighted by Crippen LogP contribution is -2.30. The molecule has 2 aromatic carbocycles. The maximum absolute atomic E-state index is 11.9. The molecule has 0 aliphatic rings. The third kappa shape index (κ3) is 6.55. The minimum absolute atomic E-state index is 0.0210. The Morgan fingerprint density at radius 3 is 2.52 bits per heavy atom. The van der Waals surface area contributed by atoms with Gasteiger partial charge in [0.15, 0.2) is 0 Å². The molecule has 0 aliphatic heterocycles. The van der Waals surface area contributed by atoms with E-state index in [2.05, 4.69) is 5.32 Å². The van der Waals surface area contributed by atoms with Gasteiger partial charge in [-0.3, -0.25) is 9.35 Å². The molecule has 0 fully saturated rings. The molecule has 1 amide bonds. The summed E-state index contributed by atoms with van der Waals surface area (Å²) in [5, 5.41) is 3.23. The van der Waals surface area contributed by atoms with Crippen LogP contribution in [0.25, 0.3) is 0 Å². The zero-order valence-corrected chi connectivity index (χ0v) is 15.2. The molecule has 0 saturated heterocycles. The van der Waals surface area contributed by atoms with Gasteiger partial charge in [-0.25, -0.2) is 0 Å². The normalized spacial score (nSPS) is 11.2. The Morgan fingerprint density at radius 2 is 1.84 bits per heavy atom. The largest absolute Gasteiger partial charge is 0.456 e. The Labute approximate surface area is 155 Å². The van der Waals surface area contributed by atoms with Crippen molar-refractivity contribution in [1.29, 1.82) is 0 Å². The molecule has 0 radical (unpaired) electrons. The van der Waals surface area contributed by atoms with Gasteiger partial charge in [-0.1, -0.05) is 41.4 Å². The quantitative estimate of drug-likeness (QED) is 0.691. The van der Waals surface area contributed by atoms with E-state index in [9.17, 15) is 13.2 Å². The number of carbonyl (C=O) groups excluding carboxylic acids is 1. The van der Waals surface area contributed by atoms with Crippen LogP contribution in [0.3, 0.4) is 0 Å². The van der Waals surface area contributed by atoms with Gasteiger partial charge in [0.2, 0.25) is 5.91 Å². The number of rotatable bonds is 7. The van der Waals surface area contributed by atoms with Crippen LogP contribution in [0, 0.1) is 0 Å². The minimum atomic E-state index is -4.11. The van der Waals surface area contributed by atoms with E-state index < -0.39 is 21.8 Å². The summed E-state index contributed by atoms with van der Waals surface area (Å²) in [7, 11) is -4.11. The molecule has 9 heteroatoms. The number of ether oxygens (including phenoxy) is 1. The topological polar surface area (TPSA) is 92.7 Å². The van der Waals surface area contributed by atoms with Crippen molar-refractivity contribution in [1.82, 2.24) is 5.32 Å². The third-order valence-electron chi connectivity index (χ3n) is 3.12. The summed E-state index contributed by atoms with van der Waals surface area (Å²) in [4.78, 5) is 11.9. The van der Waals surface area contributed by atoms with Gasteiger partial charge < -0.3 is 10.1 Å². The molecule has 0 atom stereocenters. The SMILES string of the molecule is O=C(Cc1ccccc1Oc1ccc(Cl)cc1Cl)NCCS(=O)(=O)O. The highest BCUT2D eigenvalue weighted by molar-refractivity contribution is 7.85. The molecule has 0 saturated carbocycles. The van der Waals surface area contributed by atoms with E-state index in [0.717, 1.165) is 0 Å². The third-order valence-corrected chi connectivity index (χ3v) is 4.37. The molecular weight excluding hydrogens is 389 g/mol. The van der Waals surface area contributed by atoms with Crippen molar-refractivity contribution in [3.63, 3.8) is 0 Å². The van der Waals surface area contributed by atoms with Gasteiger partial charge in [-0.05, 0) is 24.3 Å². The molecule has 0 bridgehead atoms. The zero-order chi connectivity index (χ0) is 18.4. The maximum Gasteiger partial charge on any atom is 0.266 e. The molecule has 25 heavy (non-hydrogen) atoms. The van der Waals surface area contributed by atoms with Crippen molar-refractivity contribution in [3.05, 3.63) is 58.1 Å². The van der Waals surface area contributed by atoms with Crippen molar-refractivity contribution in [2.24, 2.45) is 0 Å². The van der Waals surface area contributed by atoms with E-state index in [1.54, 1.807) is 42.5 Å². The van der Waals surface area contributed by atoms with Crippen molar-refractivity contribution in [2.75, 3.05) is 12.3 Å². The fraction of sp³-hybridized carbons (Fsp3) is 0.188. The van der Waals surface area contributed by atoms with Crippen molar-refractivity contribution in [2.45, 2.75) is 6.42 Å². The first-order valence-electron chi connectivity index (χ1n) is 7.17. The molecule has 2 rings (SSSR count). The van der Waals surface area contributed by atoms with E-state index in [0.29, 0.717) is 27.1 Å². The average molecular weight is 404 g/mol. The molecule has 0 unspecified atom stereocenters. The standard InChI is InChI=1S/C16H15Cl2NO5S/c17-12-5-6-15(13(18)10-12)24-14-4-2-1-3-11(14)9-16(20)19-7-8-25(21,22)23/h1-6,10H,7-9H2,(H,19,20)(H,21,22,23). The minimum Gasteiger partial charge on any atom is -0.456 e. The first-order chi connectivity index (χ1) is 11.7. The molecule has 0 aromatic heterocycles. The summed E-state index contributed by atoms with van der Waals surface area (Å²) in [6.45, 7) is -0.177. The number of amides is 1. The predicted octanol–water partition coefficient (Wildman–Crippen LogP) is 3.33. The Kier molecular flexibility index (Phi) is 6.66. The van der Waals surface area contributed by atoms with Crippen molar-refractivity contribution < 1.29 is 22.5 Å². The lowest BCUT2D eigenvalue weighted by atomic mass is 10.1. The Hall–Kier alpha value is -1.80. The van der Waals surface area contributed by atoms with Crippen LogP contribution in [0.15, 0.2) is 42.5 Å². The summed E-state index contributed by atoms with van der Waals surface area (Å²) in [5.41, 5.74) is 0.595. The molecule has 2 N–H and O–H groups in total. The molecule has 0 spiro atoms. The van der Waals surface area contributed by atoms with Crippen LogP contribution >= 0.6 is 23.2 Å². The smallest absolute Gasteiger partial charge is 0.266 e. The van der Waals surface area contributed by atoms with Crippen molar-refractivity contribution >= 4 is 39.2 Å². The number of para-hydroxylation sites is 1. The second-order valence-electron chi connectivity index (χ2n) is 5.10. The summed E-state index contributed by atoms with van der Waals surface area (Å²) in [5.74, 6) is -0.110. The summed E-state index contributed by atoms with van der Waals surface area (Å²) in [6, 6.07) is 11.7. The molecular formula is C16H15Cl2NO5S. The second kappa shape index (κ2) is 8.53. The van der Waals surface area contributed by atoms with E-state index in [1.807, 2.05) is 0 Å².